The molecule has 0 unspecified atom stereocenters. The fourth-order valence-electron chi connectivity index (χ4n) is 0.309. The van der Waals surface area contributed by atoms with Crippen molar-refractivity contribution < 1.29 is 21.5 Å². The van der Waals surface area contributed by atoms with Gasteiger partial charge in [-0.05, 0) is 0 Å². The van der Waals surface area contributed by atoms with Crippen LogP contribution in [0.5, 0.6) is 0 Å². The Morgan fingerprint density at radius 1 is 1.67 bits per heavy atom. The van der Waals surface area contributed by atoms with Gasteiger partial charge in [0, 0.05) is 0 Å². The number of thioether (sulfide) groups is 1. The molecule has 0 amide bonds. The molecule has 0 aromatic rings. The van der Waals surface area contributed by atoms with Crippen LogP contribution in [0.2, 0.25) is 0 Å². The van der Waals surface area contributed by atoms with E-state index in [9.17, 15) is 0 Å². The molecule has 1 heterocycles. The first-order chi connectivity index (χ1) is 3.00. The van der Waals surface area contributed by atoms with E-state index in [4.69, 9.17) is 0 Å². The number of nitrogens with one attached hydrogen (secondary N) is 1. The topological polar surface area (TPSA) is 12.0 Å². The Bertz CT molecular complexity index is 26.3. The minimum atomic E-state index is 0.428. The van der Waals surface area contributed by atoms with E-state index in [-0.39, 0.29) is 0 Å². The summed E-state index contributed by atoms with van der Waals surface area (Å²) in [5.74, 6) is 1.33. The van der Waals surface area contributed by atoms with E-state index < -0.39 is 0 Å². The van der Waals surface area contributed by atoms with E-state index in [1.165, 1.54) is 16.1 Å². The summed E-state index contributed by atoms with van der Waals surface area (Å²) in [6.45, 7) is 1.26. The van der Waals surface area contributed by atoms with Crippen molar-refractivity contribution in [2.24, 2.45) is 0 Å². The Hall–Kier alpha value is 1.04. The summed E-state index contributed by atoms with van der Waals surface area (Å²) < 4.78 is 4.79. The van der Waals surface area contributed by atoms with Gasteiger partial charge in [0.1, 0.15) is 0 Å². The summed E-state index contributed by atoms with van der Waals surface area (Å²) in [7, 11) is 0. The van der Waals surface area contributed by atoms with E-state index >= 15 is 0 Å². The van der Waals surface area contributed by atoms with Crippen molar-refractivity contribution in [2.45, 2.75) is 0 Å². The van der Waals surface area contributed by atoms with Crippen molar-refractivity contribution in [3.63, 3.8) is 0 Å². The van der Waals surface area contributed by atoms with Gasteiger partial charge in [-0.1, -0.05) is 0 Å². The molecule has 0 radical (unpaired) electrons. The molecule has 3 heteroatoms. The number of alkyl halides is 1. The molecular formula is C3H7INS-. The zero-order valence-corrected chi connectivity index (χ0v) is 6.38. The van der Waals surface area contributed by atoms with E-state index in [0.29, 0.717) is 21.5 Å². The van der Waals surface area contributed by atoms with Gasteiger partial charge in [-0.25, -0.2) is 0 Å². The normalized spacial score (nSPS) is 25.3. The molecule has 0 aliphatic carbocycles. The number of rotatable bonds is 0. The van der Waals surface area contributed by atoms with Crippen LogP contribution < -0.4 is 25.0 Å². The standard InChI is InChI=1S/C3H7INS/c1-2-6-3-4-5-1/h5H,1-3H2/q-1. The molecule has 1 aliphatic heterocycles. The first-order valence-electron chi connectivity index (χ1n) is 1.89. The third kappa shape index (κ3) is 1.66. The SMILES string of the molecule is C1CSC[I-]N1. The Labute approximate surface area is 52.9 Å². The summed E-state index contributed by atoms with van der Waals surface area (Å²) >= 11 is 2.51. The summed E-state index contributed by atoms with van der Waals surface area (Å²) in [5, 5.41) is 0. The second kappa shape index (κ2) is 3.10. The van der Waals surface area contributed by atoms with Gasteiger partial charge in [0.25, 0.3) is 0 Å². The molecule has 38 valence electrons. The van der Waals surface area contributed by atoms with Crippen molar-refractivity contribution in [1.82, 2.24) is 3.53 Å². The van der Waals surface area contributed by atoms with Gasteiger partial charge in [0.05, 0.1) is 0 Å². The van der Waals surface area contributed by atoms with Crippen LogP contribution in [0.4, 0.5) is 0 Å². The van der Waals surface area contributed by atoms with Crippen LogP contribution in [0.3, 0.4) is 0 Å². The number of halogens is 1. The van der Waals surface area contributed by atoms with Crippen molar-refractivity contribution >= 4 is 11.8 Å². The Kier molecular flexibility index (Phi) is 2.67. The molecule has 1 nitrogen and oxygen atoms in total. The average molecular weight is 216 g/mol. The monoisotopic (exact) mass is 216 g/mol. The van der Waals surface area contributed by atoms with Crippen LogP contribution in [0.1, 0.15) is 0 Å². The molecule has 0 aromatic carbocycles. The molecule has 0 aromatic heterocycles. The maximum atomic E-state index is 3.37. The van der Waals surface area contributed by atoms with Gasteiger partial charge >= 0.3 is 52.8 Å². The van der Waals surface area contributed by atoms with Crippen LogP contribution in [0, 0.1) is 0 Å². The predicted molar refractivity (Wildman–Crippen MR) is 25.3 cm³/mol. The molecule has 1 saturated heterocycles. The minimum absolute atomic E-state index is 0.428. The van der Waals surface area contributed by atoms with Crippen LogP contribution in [-0.4, -0.2) is 16.1 Å². The first kappa shape index (κ1) is 5.18. The second-order valence-electron chi connectivity index (χ2n) is 1.03. The van der Waals surface area contributed by atoms with Gasteiger partial charge in [-0.15, -0.1) is 0 Å². The molecule has 6 heavy (non-hydrogen) atoms. The number of hydrogen-bond donors (Lipinski definition) is 1. The van der Waals surface area contributed by atoms with E-state index in [1.54, 1.807) is 0 Å². The molecule has 0 spiro atoms. The van der Waals surface area contributed by atoms with Crippen LogP contribution >= 0.6 is 11.8 Å². The van der Waals surface area contributed by atoms with E-state index in [2.05, 4.69) is 15.3 Å². The first-order valence-corrected chi connectivity index (χ1v) is 5.65. The van der Waals surface area contributed by atoms with Gasteiger partial charge in [0.15, 0.2) is 0 Å². The maximum absolute atomic E-state index is 3.37. The van der Waals surface area contributed by atoms with Crippen molar-refractivity contribution in [3.8, 4) is 0 Å². The molecule has 0 saturated carbocycles. The van der Waals surface area contributed by atoms with Crippen LogP contribution in [-0.2, 0) is 0 Å². The molecule has 1 rings (SSSR count). The van der Waals surface area contributed by atoms with Crippen LogP contribution in [0.25, 0.3) is 0 Å². The molecule has 1 fully saturated rings. The quantitative estimate of drug-likeness (QED) is 0.268. The average Bonchev–Trinajstić information content (AvgIpc) is 1.72. The second-order valence-corrected chi connectivity index (χ2v) is 5.46. The Morgan fingerprint density at radius 3 is 2.83 bits per heavy atom. The zero-order valence-electron chi connectivity index (χ0n) is 3.41. The summed E-state index contributed by atoms with van der Waals surface area (Å²) in [4.78, 5) is 0. The summed E-state index contributed by atoms with van der Waals surface area (Å²) in [6, 6.07) is 0. The van der Waals surface area contributed by atoms with Crippen molar-refractivity contribution in [3.05, 3.63) is 0 Å². The van der Waals surface area contributed by atoms with Gasteiger partial charge in [-0.3, -0.25) is 0 Å². The molecule has 1 N–H and O–H groups in total. The summed E-state index contributed by atoms with van der Waals surface area (Å²) in [5.41, 5.74) is 0. The van der Waals surface area contributed by atoms with Crippen molar-refractivity contribution in [2.75, 3.05) is 16.1 Å². The predicted octanol–water partition coefficient (Wildman–Crippen LogP) is -2.72. The number of hydrogen-bond acceptors (Lipinski definition) is 2. The third-order valence-corrected chi connectivity index (χ3v) is 4.66. The van der Waals surface area contributed by atoms with Gasteiger partial charge < -0.3 is 0 Å². The van der Waals surface area contributed by atoms with Crippen molar-refractivity contribution in [1.29, 1.82) is 0 Å². The fraction of sp³-hybridized carbons (Fsp3) is 1.00. The van der Waals surface area contributed by atoms with Gasteiger partial charge in [-0.2, -0.15) is 0 Å². The molecule has 1 aliphatic rings. The van der Waals surface area contributed by atoms with Gasteiger partial charge in [0.2, 0.25) is 0 Å². The summed E-state index contributed by atoms with van der Waals surface area (Å²) in [6.07, 6.45) is 0. The third-order valence-electron chi connectivity index (χ3n) is 0.567. The van der Waals surface area contributed by atoms with Crippen LogP contribution in [0.15, 0.2) is 0 Å². The molecular weight excluding hydrogens is 209 g/mol. The fourth-order valence-corrected chi connectivity index (χ4v) is 4.09. The van der Waals surface area contributed by atoms with E-state index in [1.807, 2.05) is 0 Å². The molecule has 0 atom stereocenters. The Balaban J connectivity index is 2.00. The molecule has 0 bridgehead atoms. The zero-order chi connectivity index (χ0) is 4.24. The Morgan fingerprint density at radius 2 is 2.67 bits per heavy atom. The van der Waals surface area contributed by atoms with E-state index in [0.717, 1.165) is 0 Å².